The number of carbonyl (C=O) groups is 1. The van der Waals surface area contributed by atoms with E-state index in [9.17, 15) is 4.79 Å². The molecule has 1 atom stereocenters. The van der Waals surface area contributed by atoms with E-state index in [-0.39, 0.29) is 6.03 Å². The molecule has 1 fully saturated rings. The summed E-state index contributed by atoms with van der Waals surface area (Å²) in [5.41, 5.74) is 2.37. The molecule has 4 nitrogen and oxygen atoms in total. The van der Waals surface area contributed by atoms with Gasteiger partial charge in [-0.25, -0.2) is 4.79 Å². The van der Waals surface area contributed by atoms with Crippen molar-refractivity contribution in [1.82, 2.24) is 15.5 Å². The maximum atomic E-state index is 11.8. The van der Waals surface area contributed by atoms with Gasteiger partial charge in [0, 0.05) is 19.6 Å². The molecule has 128 valence electrons. The number of aryl methyl sites for hydroxylation is 1. The van der Waals surface area contributed by atoms with Gasteiger partial charge in [-0.05, 0) is 57.2 Å². The molecule has 4 heteroatoms. The lowest BCUT2D eigenvalue weighted by atomic mass is 10.0. The smallest absolute Gasteiger partial charge is 0.315 e. The van der Waals surface area contributed by atoms with Gasteiger partial charge in [-0.2, -0.15) is 0 Å². The molecule has 0 aliphatic carbocycles. The Morgan fingerprint density at radius 3 is 2.74 bits per heavy atom. The van der Waals surface area contributed by atoms with Gasteiger partial charge in [0.15, 0.2) is 0 Å². The number of nitrogens with one attached hydrogen (secondary N) is 2. The summed E-state index contributed by atoms with van der Waals surface area (Å²) in [5, 5.41) is 5.85. The van der Waals surface area contributed by atoms with Gasteiger partial charge in [0.1, 0.15) is 0 Å². The van der Waals surface area contributed by atoms with Gasteiger partial charge in [0.25, 0.3) is 0 Å². The zero-order chi connectivity index (χ0) is 16.5. The SMILES string of the molecule is Cc1ccc(CNC(=O)NCCCCN2CCCC(C)C2)cc1. The van der Waals surface area contributed by atoms with Crippen LogP contribution in [0.2, 0.25) is 0 Å². The van der Waals surface area contributed by atoms with Gasteiger partial charge in [0.2, 0.25) is 0 Å². The first kappa shape index (κ1) is 17.8. The van der Waals surface area contributed by atoms with Crippen LogP contribution in [0.15, 0.2) is 24.3 Å². The van der Waals surface area contributed by atoms with Gasteiger partial charge in [-0.3, -0.25) is 0 Å². The third kappa shape index (κ3) is 7.04. The minimum atomic E-state index is -0.0721. The molecule has 23 heavy (non-hydrogen) atoms. The Bertz CT molecular complexity index is 472. The molecule has 1 unspecified atom stereocenters. The number of likely N-dealkylation sites (tertiary alicyclic amines) is 1. The third-order valence-corrected chi connectivity index (χ3v) is 4.50. The maximum Gasteiger partial charge on any atom is 0.315 e. The third-order valence-electron chi connectivity index (χ3n) is 4.50. The number of benzene rings is 1. The Kier molecular flexibility index (Phi) is 7.40. The minimum Gasteiger partial charge on any atom is -0.338 e. The average molecular weight is 317 g/mol. The molecular formula is C19H31N3O. The van der Waals surface area contributed by atoms with Crippen LogP contribution in [-0.2, 0) is 6.54 Å². The second-order valence-electron chi connectivity index (χ2n) is 6.85. The molecule has 2 rings (SSSR count). The van der Waals surface area contributed by atoms with Gasteiger partial charge in [0.05, 0.1) is 0 Å². The second kappa shape index (κ2) is 9.56. The number of hydrogen-bond acceptors (Lipinski definition) is 2. The molecule has 0 aromatic heterocycles. The predicted octanol–water partition coefficient (Wildman–Crippen LogP) is 3.31. The van der Waals surface area contributed by atoms with Crippen molar-refractivity contribution in [3.05, 3.63) is 35.4 Å². The summed E-state index contributed by atoms with van der Waals surface area (Å²) in [6.07, 6.45) is 4.91. The van der Waals surface area contributed by atoms with Crippen LogP contribution in [0.4, 0.5) is 4.79 Å². The van der Waals surface area contributed by atoms with E-state index in [2.05, 4.69) is 53.6 Å². The summed E-state index contributed by atoms with van der Waals surface area (Å²) in [4.78, 5) is 14.3. The molecule has 2 amide bonds. The zero-order valence-electron chi connectivity index (χ0n) is 14.6. The Morgan fingerprint density at radius 2 is 2.00 bits per heavy atom. The fourth-order valence-electron chi connectivity index (χ4n) is 3.10. The fraction of sp³-hybridized carbons (Fsp3) is 0.632. The lowest BCUT2D eigenvalue weighted by molar-refractivity contribution is 0.181. The van der Waals surface area contributed by atoms with Gasteiger partial charge >= 0.3 is 6.03 Å². The van der Waals surface area contributed by atoms with Crippen molar-refractivity contribution in [1.29, 1.82) is 0 Å². The summed E-state index contributed by atoms with van der Waals surface area (Å²) in [6, 6.07) is 8.16. The highest BCUT2D eigenvalue weighted by Gasteiger charge is 2.15. The molecule has 0 bridgehead atoms. The first-order chi connectivity index (χ1) is 11.1. The predicted molar refractivity (Wildman–Crippen MR) is 95.5 cm³/mol. The standard InChI is InChI=1S/C19H31N3O/c1-16-7-9-18(10-8-16)14-21-19(23)20-11-3-4-12-22-13-5-6-17(2)15-22/h7-10,17H,3-6,11-15H2,1-2H3,(H2,20,21,23). The molecule has 2 N–H and O–H groups in total. The molecule has 1 aliphatic rings. The summed E-state index contributed by atoms with van der Waals surface area (Å²) in [6.45, 7) is 9.39. The van der Waals surface area contributed by atoms with E-state index in [1.807, 2.05) is 0 Å². The number of piperidine rings is 1. The van der Waals surface area contributed by atoms with Crippen molar-refractivity contribution in [3.8, 4) is 0 Å². The molecule has 0 saturated carbocycles. The summed E-state index contributed by atoms with van der Waals surface area (Å²) in [7, 11) is 0. The Labute approximate surface area is 140 Å². The monoisotopic (exact) mass is 317 g/mol. The number of hydrogen-bond donors (Lipinski definition) is 2. The Morgan fingerprint density at radius 1 is 1.22 bits per heavy atom. The summed E-state index contributed by atoms with van der Waals surface area (Å²) >= 11 is 0. The first-order valence-electron chi connectivity index (χ1n) is 8.93. The van der Waals surface area contributed by atoms with Crippen LogP contribution in [0.25, 0.3) is 0 Å². The van der Waals surface area contributed by atoms with Crippen LogP contribution in [0, 0.1) is 12.8 Å². The number of carbonyl (C=O) groups excluding carboxylic acids is 1. The van der Waals surface area contributed by atoms with E-state index in [4.69, 9.17) is 0 Å². The molecule has 1 saturated heterocycles. The number of nitrogens with zero attached hydrogens (tertiary/aromatic N) is 1. The highest BCUT2D eigenvalue weighted by Crippen LogP contribution is 2.15. The summed E-state index contributed by atoms with van der Waals surface area (Å²) in [5.74, 6) is 0.842. The van der Waals surface area contributed by atoms with E-state index in [0.717, 1.165) is 37.4 Å². The second-order valence-corrected chi connectivity index (χ2v) is 6.85. The number of unbranched alkanes of at least 4 members (excludes halogenated alkanes) is 1. The van der Waals surface area contributed by atoms with Crippen LogP contribution in [0.1, 0.15) is 43.7 Å². The normalized spacial score (nSPS) is 18.6. The Balaban J connectivity index is 1.50. The molecule has 1 aromatic rings. The largest absolute Gasteiger partial charge is 0.338 e. The Hall–Kier alpha value is -1.55. The van der Waals surface area contributed by atoms with E-state index in [1.54, 1.807) is 0 Å². The number of amides is 2. The minimum absolute atomic E-state index is 0.0721. The van der Waals surface area contributed by atoms with Gasteiger partial charge < -0.3 is 15.5 Å². The van der Waals surface area contributed by atoms with Crippen LogP contribution in [0.5, 0.6) is 0 Å². The fourth-order valence-corrected chi connectivity index (χ4v) is 3.10. The average Bonchev–Trinajstić information content (AvgIpc) is 2.54. The number of rotatable bonds is 7. The van der Waals surface area contributed by atoms with Crippen molar-refractivity contribution in [2.24, 2.45) is 5.92 Å². The maximum absolute atomic E-state index is 11.8. The topological polar surface area (TPSA) is 44.4 Å². The highest BCUT2D eigenvalue weighted by molar-refractivity contribution is 5.73. The molecule has 0 spiro atoms. The van der Waals surface area contributed by atoms with Crippen molar-refractivity contribution in [2.45, 2.75) is 46.1 Å². The molecule has 1 aromatic carbocycles. The van der Waals surface area contributed by atoms with Crippen molar-refractivity contribution >= 4 is 6.03 Å². The van der Waals surface area contributed by atoms with Gasteiger partial charge in [-0.15, -0.1) is 0 Å². The van der Waals surface area contributed by atoms with Crippen molar-refractivity contribution < 1.29 is 4.79 Å². The van der Waals surface area contributed by atoms with Crippen LogP contribution >= 0.6 is 0 Å². The zero-order valence-corrected chi connectivity index (χ0v) is 14.6. The van der Waals surface area contributed by atoms with E-state index >= 15 is 0 Å². The lowest BCUT2D eigenvalue weighted by Gasteiger charge is -2.30. The van der Waals surface area contributed by atoms with Crippen molar-refractivity contribution in [3.63, 3.8) is 0 Å². The van der Waals surface area contributed by atoms with Crippen LogP contribution < -0.4 is 10.6 Å². The van der Waals surface area contributed by atoms with E-state index in [0.29, 0.717) is 6.54 Å². The quantitative estimate of drug-likeness (QED) is 0.758. The molecular weight excluding hydrogens is 286 g/mol. The lowest BCUT2D eigenvalue weighted by Crippen LogP contribution is -2.37. The number of urea groups is 1. The molecule has 1 aliphatic heterocycles. The highest BCUT2D eigenvalue weighted by atomic mass is 16.2. The van der Waals surface area contributed by atoms with Gasteiger partial charge in [-0.1, -0.05) is 36.8 Å². The first-order valence-corrected chi connectivity index (χ1v) is 8.93. The molecule has 0 radical (unpaired) electrons. The van der Waals surface area contributed by atoms with E-state index in [1.165, 1.54) is 31.5 Å². The van der Waals surface area contributed by atoms with Crippen molar-refractivity contribution in [2.75, 3.05) is 26.2 Å². The molecule has 1 heterocycles. The van der Waals surface area contributed by atoms with Crippen LogP contribution in [0.3, 0.4) is 0 Å². The van der Waals surface area contributed by atoms with E-state index < -0.39 is 0 Å². The summed E-state index contributed by atoms with van der Waals surface area (Å²) < 4.78 is 0. The van der Waals surface area contributed by atoms with Crippen LogP contribution in [-0.4, -0.2) is 37.1 Å².